The van der Waals surface area contributed by atoms with Crippen LogP contribution in [-0.2, 0) is 15.7 Å². The van der Waals surface area contributed by atoms with Gasteiger partial charge in [0.1, 0.15) is 0 Å². The quantitative estimate of drug-likeness (QED) is 0.225. The fourth-order valence-electron chi connectivity index (χ4n) is 5.63. The molecule has 1 fully saturated rings. The van der Waals surface area contributed by atoms with E-state index in [1.54, 1.807) is 0 Å². The minimum absolute atomic E-state index is 0.199. The molecular weight excluding hydrogens is 565 g/mol. The van der Waals surface area contributed by atoms with Crippen LogP contribution in [0.5, 0.6) is 5.75 Å². The summed E-state index contributed by atoms with van der Waals surface area (Å²) in [5.41, 5.74) is 14.4. The molecule has 0 spiro atoms. The van der Waals surface area contributed by atoms with Gasteiger partial charge in [-0.2, -0.15) is 6.67 Å². The van der Waals surface area contributed by atoms with E-state index in [1.165, 1.54) is 50.3 Å². The van der Waals surface area contributed by atoms with E-state index >= 15 is 0 Å². The van der Waals surface area contributed by atoms with Gasteiger partial charge in [0.25, 0.3) is 0 Å². The number of fused-ring (bicyclic) bond motifs is 1. The Morgan fingerprint density at radius 3 is 1.73 bits per heavy atom. The van der Waals surface area contributed by atoms with Crippen LogP contribution in [0.1, 0.15) is 50.1 Å². The first-order valence-corrected chi connectivity index (χ1v) is 16.0. The van der Waals surface area contributed by atoms with Crippen LogP contribution in [0.4, 0.5) is 11.4 Å². The maximum absolute atomic E-state index is 5.79. The van der Waals surface area contributed by atoms with Crippen molar-refractivity contribution in [2.75, 3.05) is 29.5 Å². The Hall–Kier alpha value is -2.42. The van der Waals surface area contributed by atoms with Crippen molar-refractivity contribution in [3.63, 3.8) is 0 Å². The monoisotopic (exact) mass is 602 g/mol. The molecule has 3 aromatic carbocycles. The van der Waals surface area contributed by atoms with Gasteiger partial charge in [0, 0.05) is 24.5 Å². The second-order valence-corrected chi connectivity index (χ2v) is 12.0. The van der Waals surface area contributed by atoms with E-state index in [2.05, 4.69) is 112 Å². The number of benzene rings is 3. The molecule has 2 aliphatic heterocycles. The van der Waals surface area contributed by atoms with Crippen molar-refractivity contribution < 1.29 is 20.4 Å². The summed E-state index contributed by atoms with van der Waals surface area (Å²) >= 11 is -0.199. The second-order valence-electron chi connectivity index (χ2n) is 10.2. The standard InChI is InChI=1S/C21H27N2.C11H10O.ClH.Ru/c1-14-9-16(3)20(17(4)10-14)22-7-8-23(13-22)21-18(5)11-15(2)12-19(21)6;1-8-6-9(2)11-10(7-8)4-3-5-12-11;;/h9-13H,7-8H2,1-6H3;2-4,6-7H,5H2,1H3;1H;/q-1;;;+1/p-1. The second kappa shape index (κ2) is 12.0. The third-order valence-corrected chi connectivity index (χ3v) is 7.95. The number of rotatable bonds is 3. The van der Waals surface area contributed by atoms with E-state index < -0.39 is 0 Å². The summed E-state index contributed by atoms with van der Waals surface area (Å²) in [4.78, 5) is 4.81. The molecule has 3 aromatic rings. The number of anilines is 2. The van der Waals surface area contributed by atoms with Gasteiger partial charge in [0.15, 0.2) is 0 Å². The molecule has 2 aliphatic rings. The molecule has 0 saturated carbocycles. The molecule has 5 rings (SSSR count). The third kappa shape index (κ3) is 6.36. The molecule has 197 valence electrons. The van der Waals surface area contributed by atoms with E-state index in [9.17, 15) is 0 Å². The molecule has 0 aromatic heterocycles. The van der Waals surface area contributed by atoms with Crippen molar-refractivity contribution in [2.45, 2.75) is 48.5 Å². The van der Waals surface area contributed by atoms with Gasteiger partial charge < -0.3 is 9.80 Å². The Bertz CT molecular complexity index is 1250. The molecule has 3 nitrogen and oxygen atoms in total. The van der Waals surface area contributed by atoms with Crippen LogP contribution in [0, 0.1) is 55.1 Å². The van der Waals surface area contributed by atoms with Crippen molar-refractivity contribution in [3.05, 3.63) is 99.2 Å². The predicted octanol–water partition coefficient (Wildman–Crippen LogP) is 7.77. The van der Waals surface area contributed by atoms with E-state index in [0.29, 0.717) is 6.61 Å². The normalized spacial score (nSPS) is 14.7. The van der Waals surface area contributed by atoms with Gasteiger partial charge in [-0.25, -0.2) is 0 Å². The molecule has 0 amide bonds. The average Bonchev–Trinajstić information content (AvgIpc) is 3.27. The first kappa shape index (κ1) is 27.6. The summed E-state index contributed by atoms with van der Waals surface area (Å²) in [5.74, 6) is 0.980. The zero-order valence-electron chi connectivity index (χ0n) is 22.9. The first-order valence-electron chi connectivity index (χ1n) is 12.7. The van der Waals surface area contributed by atoms with Gasteiger partial charge in [0.05, 0.1) is 0 Å². The van der Waals surface area contributed by atoms with Gasteiger partial charge in [-0.3, -0.25) is 0 Å². The number of nitrogens with zero attached hydrogens (tertiary/aromatic N) is 2. The molecule has 1 saturated heterocycles. The van der Waals surface area contributed by atoms with E-state index in [4.69, 9.17) is 14.4 Å². The van der Waals surface area contributed by atoms with Crippen molar-refractivity contribution in [1.82, 2.24) is 0 Å². The van der Waals surface area contributed by atoms with Crippen molar-refractivity contribution in [1.29, 1.82) is 0 Å². The fourth-order valence-corrected chi connectivity index (χ4v) is 6.70. The summed E-state index contributed by atoms with van der Waals surface area (Å²) in [5, 5.41) is 0. The van der Waals surface area contributed by atoms with Gasteiger partial charge in [-0.1, -0.05) is 35.4 Å². The molecule has 37 heavy (non-hydrogen) atoms. The Kier molecular flexibility index (Phi) is 8.93. The zero-order valence-corrected chi connectivity index (χ0v) is 25.4. The van der Waals surface area contributed by atoms with Crippen molar-refractivity contribution >= 4 is 31.8 Å². The van der Waals surface area contributed by atoms with Crippen LogP contribution >= 0.6 is 9.69 Å². The Morgan fingerprint density at radius 2 is 1.24 bits per heavy atom. The van der Waals surface area contributed by atoms with Gasteiger partial charge in [0.2, 0.25) is 0 Å². The van der Waals surface area contributed by atoms with Crippen LogP contribution < -0.4 is 14.5 Å². The Labute approximate surface area is 234 Å². The van der Waals surface area contributed by atoms with Crippen LogP contribution in [0.3, 0.4) is 0 Å². The van der Waals surface area contributed by atoms with Crippen LogP contribution in [-0.4, -0.2) is 24.3 Å². The number of halogens is 1. The summed E-state index contributed by atoms with van der Waals surface area (Å²) in [7, 11) is 5.79. The topological polar surface area (TPSA) is 15.7 Å². The maximum atomic E-state index is 5.79. The predicted molar refractivity (Wildman–Crippen MR) is 157 cm³/mol. The number of ether oxygens (including phenoxy) is 1. The number of hydrogen-bond donors (Lipinski definition) is 0. The van der Waals surface area contributed by atoms with Crippen LogP contribution in [0.25, 0.3) is 6.08 Å². The molecule has 0 bridgehead atoms. The van der Waals surface area contributed by atoms with Crippen molar-refractivity contribution in [2.24, 2.45) is 0 Å². The van der Waals surface area contributed by atoms with E-state index in [1.807, 2.05) is 6.08 Å². The molecule has 5 heteroatoms. The summed E-state index contributed by atoms with van der Waals surface area (Å²) in [6, 6.07) is 13.4. The van der Waals surface area contributed by atoms with Gasteiger partial charge in [-0.15, -0.1) is 0 Å². The molecule has 0 radical (unpaired) electrons. The van der Waals surface area contributed by atoms with E-state index in [0.717, 1.165) is 30.0 Å². The van der Waals surface area contributed by atoms with Crippen LogP contribution in [0.15, 0.2) is 42.5 Å². The van der Waals surface area contributed by atoms with Gasteiger partial charge in [-0.05, 0) is 63.8 Å². The first-order chi connectivity index (χ1) is 17.7. The molecule has 2 heterocycles. The number of aryl methyl sites for hydroxylation is 7. The third-order valence-electron chi connectivity index (χ3n) is 6.77. The van der Waals surface area contributed by atoms with Gasteiger partial charge >= 0.3 is 95.0 Å². The summed E-state index contributed by atoms with van der Waals surface area (Å²) < 4.78 is 7.67. The van der Waals surface area contributed by atoms with Crippen LogP contribution in [0.2, 0.25) is 0 Å². The zero-order chi connectivity index (χ0) is 26.7. The Balaban J connectivity index is 0.000000195. The summed E-state index contributed by atoms with van der Waals surface area (Å²) in [6.45, 7) is 20.3. The van der Waals surface area contributed by atoms with Crippen molar-refractivity contribution in [3.8, 4) is 5.75 Å². The molecule has 0 aliphatic carbocycles. The molecular formula is C32H37ClN2ORu-. The average molecular weight is 602 g/mol. The number of hydrogen-bond acceptors (Lipinski definition) is 3. The molecule has 0 atom stereocenters. The summed E-state index contributed by atoms with van der Waals surface area (Å²) in [6.07, 6.45) is 4.13. The molecule has 0 N–H and O–H groups in total. The molecule has 0 unspecified atom stereocenters. The fraction of sp³-hybridized carbons (Fsp3) is 0.312. The SMILES string of the molecule is Cc1cc(C)c(N2[CH-]N(c3c(C)cc(C)cc3C)CC2)c(C)c1.Cc1cc2c(c([CH]=[Ru][Cl])c1)OCC=C2. The minimum atomic E-state index is -0.199. The Morgan fingerprint density at radius 1 is 0.757 bits per heavy atom. The van der Waals surface area contributed by atoms with E-state index in [-0.39, 0.29) is 15.7 Å².